The normalized spacial score (nSPS) is 23.2. The summed E-state index contributed by atoms with van der Waals surface area (Å²) in [6, 6.07) is 6.34. The molecule has 17 heavy (non-hydrogen) atoms. The lowest BCUT2D eigenvalue weighted by molar-refractivity contribution is 0.0129. The summed E-state index contributed by atoms with van der Waals surface area (Å²) in [5.74, 6) is 1.61. The largest absolute Gasteiger partial charge is 0.496 e. The number of hydrogen-bond donors (Lipinski definition) is 0. The van der Waals surface area contributed by atoms with Crippen LogP contribution in [0.3, 0.4) is 0 Å². The summed E-state index contributed by atoms with van der Waals surface area (Å²) in [7, 11) is 1.75. The quantitative estimate of drug-likeness (QED) is 0.796. The molecule has 0 saturated carbocycles. The zero-order chi connectivity index (χ0) is 12.3. The van der Waals surface area contributed by atoms with Gasteiger partial charge in [0, 0.05) is 13.0 Å². The number of benzene rings is 1. The van der Waals surface area contributed by atoms with Gasteiger partial charge < -0.3 is 9.47 Å². The van der Waals surface area contributed by atoms with Crippen LogP contribution in [0.2, 0.25) is 0 Å². The van der Waals surface area contributed by atoms with Gasteiger partial charge in [0.2, 0.25) is 0 Å². The molecule has 0 unspecified atom stereocenters. The Hall–Kier alpha value is -1.02. The summed E-state index contributed by atoms with van der Waals surface area (Å²) < 4.78 is 11.4. The van der Waals surface area contributed by atoms with Gasteiger partial charge in [0.25, 0.3) is 0 Å². The second kappa shape index (κ2) is 5.54. The zero-order valence-electron chi connectivity index (χ0n) is 11.0. The number of methoxy groups -OCH3 is 1. The van der Waals surface area contributed by atoms with E-state index in [2.05, 4.69) is 26.0 Å². The molecule has 2 atom stereocenters. The van der Waals surface area contributed by atoms with Crippen molar-refractivity contribution in [1.82, 2.24) is 0 Å². The van der Waals surface area contributed by atoms with E-state index in [-0.39, 0.29) is 0 Å². The third-order valence-corrected chi connectivity index (χ3v) is 3.57. The van der Waals surface area contributed by atoms with Gasteiger partial charge in [-0.1, -0.05) is 26.0 Å². The molecule has 0 radical (unpaired) electrons. The minimum absolute atomic E-state index is 0.346. The molecule has 0 heterocycles. The van der Waals surface area contributed by atoms with Crippen LogP contribution >= 0.6 is 0 Å². The highest BCUT2D eigenvalue weighted by Gasteiger charge is 2.27. The molecule has 0 spiro atoms. The van der Waals surface area contributed by atoms with Crippen molar-refractivity contribution in [2.24, 2.45) is 5.92 Å². The highest BCUT2D eigenvalue weighted by Crippen LogP contribution is 2.33. The summed E-state index contributed by atoms with van der Waals surface area (Å²) in [5, 5.41) is 0. The molecular formula is C15H22O2. The molecule has 1 aliphatic carbocycles. The Labute approximate surface area is 104 Å². The molecule has 1 aliphatic rings. The van der Waals surface area contributed by atoms with E-state index in [1.807, 2.05) is 6.07 Å². The van der Waals surface area contributed by atoms with Gasteiger partial charge in [0.15, 0.2) is 0 Å². The van der Waals surface area contributed by atoms with Crippen LogP contribution in [0.5, 0.6) is 5.75 Å². The molecule has 0 aromatic heterocycles. The molecule has 1 aromatic carbocycles. The van der Waals surface area contributed by atoms with Crippen LogP contribution in [0.15, 0.2) is 18.2 Å². The SMILES string of the molecule is CCCO[C@@H]1Cc2c(cccc2OC)C[C@H]1C. The Morgan fingerprint density at radius 2 is 2.12 bits per heavy atom. The summed E-state index contributed by atoms with van der Waals surface area (Å²) in [6.45, 7) is 5.30. The molecule has 94 valence electrons. The van der Waals surface area contributed by atoms with Gasteiger partial charge in [0.05, 0.1) is 13.2 Å². The van der Waals surface area contributed by atoms with E-state index >= 15 is 0 Å². The molecule has 0 aliphatic heterocycles. The molecule has 2 nitrogen and oxygen atoms in total. The Morgan fingerprint density at radius 3 is 2.82 bits per heavy atom. The fourth-order valence-electron chi connectivity index (χ4n) is 2.60. The van der Waals surface area contributed by atoms with Gasteiger partial charge in [-0.05, 0) is 36.0 Å². The van der Waals surface area contributed by atoms with Gasteiger partial charge in [-0.25, -0.2) is 0 Å². The van der Waals surface area contributed by atoms with Crippen molar-refractivity contribution < 1.29 is 9.47 Å². The Morgan fingerprint density at radius 1 is 1.29 bits per heavy atom. The van der Waals surface area contributed by atoms with Gasteiger partial charge >= 0.3 is 0 Å². The molecular weight excluding hydrogens is 212 g/mol. The first-order valence-corrected chi connectivity index (χ1v) is 6.52. The van der Waals surface area contributed by atoms with Crippen LogP contribution in [0.4, 0.5) is 0 Å². The minimum Gasteiger partial charge on any atom is -0.496 e. The lowest BCUT2D eigenvalue weighted by Gasteiger charge is -2.31. The van der Waals surface area contributed by atoms with Gasteiger partial charge in [0.1, 0.15) is 5.75 Å². The van der Waals surface area contributed by atoms with Crippen LogP contribution in [-0.4, -0.2) is 19.8 Å². The van der Waals surface area contributed by atoms with Crippen LogP contribution in [0.25, 0.3) is 0 Å². The first-order valence-electron chi connectivity index (χ1n) is 6.52. The molecule has 0 saturated heterocycles. The topological polar surface area (TPSA) is 18.5 Å². The fourth-order valence-corrected chi connectivity index (χ4v) is 2.60. The van der Waals surface area contributed by atoms with Crippen LogP contribution < -0.4 is 4.74 Å². The molecule has 1 aromatic rings. The van der Waals surface area contributed by atoms with Crippen molar-refractivity contribution >= 4 is 0 Å². The van der Waals surface area contributed by atoms with Gasteiger partial charge in [-0.2, -0.15) is 0 Å². The monoisotopic (exact) mass is 234 g/mol. The van der Waals surface area contributed by atoms with E-state index < -0.39 is 0 Å². The summed E-state index contributed by atoms with van der Waals surface area (Å²) in [5.41, 5.74) is 2.77. The van der Waals surface area contributed by atoms with Gasteiger partial charge in [-0.3, -0.25) is 0 Å². The Kier molecular flexibility index (Phi) is 4.06. The second-order valence-corrected chi connectivity index (χ2v) is 4.89. The van der Waals surface area contributed by atoms with Crippen molar-refractivity contribution in [3.05, 3.63) is 29.3 Å². The van der Waals surface area contributed by atoms with E-state index in [9.17, 15) is 0 Å². The van der Waals surface area contributed by atoms with Crippen molar-refractivity contribution in [2.75, 3.05) is 13.7 Å². The molecule has 0 N–H and O–H groups in total. The van der Waals surface area contributed by atoms with Crippen molar-refractivity contribution in [2.45, 2.75) is 39.2 Å². The average Bonchev–Trinajstić information content (AvgIpc) is 2.35. The third-order valence-electron chi connectivity index (χ3n) is 3.57. The van der Waals surface area contributed by atoms with Crippen molar-refractivity contribution in [3.63, 3.8) is 0 Å². The fraction of sp³-hybridized carbons (Fsp3) is 0.600. The average molecular weight is 234 g/mol. The summed E-state index contributed by atoms with van der Waals surface area (Å²) >= 11 is 0. The zero-order valence-corrected chi connectivity index (χ0v) is 11.0. The molecule has 0 bridgehead atoms. The standard InChI is InChI=1S/C15H22O2/c1-4-8-17-15-10-13-12(9-11(15)2)6-5-7-14(13)16-3/h5-7,11,15H,4,8-10H2,1-3H3/t11-,15-/m1/s1. The first-order chi connectivity index (χ1) is 8.26. The molecule has 2 rings (SSSR count). The second-order valence-electron chi connectivity index (χ2n) is 4.89. The van der Waals surface area contributed by atoms with E-state index in [0.29, 0.717) is 12.0 Å². The lowest BCUT2D eigenvalue weighted by atomic mass is 9.82. The smallest absolute Gasteiger partial charge is 0.122 e. The maximum absolute atomic E-state index is 5.95. The molecule has 2 heteroatoms. The van der Waals surface area contributed by atoms with Crippen LogP contribution in [0, 0.1) is 5.92 Å². The highest BCUT2D eigenvalue weighted by atomic mass is 16.5. The summed E-state index contributed by atoms with van der Waals surface area (Å²) in [4.78, 5) is 0. The highest BCUT2D eigenvalue weighted by molar-refractivity contribution is 5.42. The van der Waals surface area contributed by atoms with Crippen molar-refractivity contribution in [1.29, 1.82) is 0 Å². The number of ether oxygens (including phenoxy) is 2. The van der Waals surface area contributed by atoms with E-state index in [1.165, 1.54) is 11.1 Å². The number of hydrogen-bond acceptors (Lipinski definition) is 2. The first kappa shape index (κ1) is 12.4. The maximum Gasteiger partial charge on any atom is 0.122 e. The van der Waals surface area contributed by atoms with Crippen LogP contribution in [0.1, 0.15) is 31.4 Å². The number of fused-ring (bicyclic) bond motifs is 1. The predicted molar refractivity (Wildman–Crippen MR) is 69.6 cm³/mol. The molecule has 0 fully saturated rings. The Balaban J connectivity index is 2.19. The Bertz CT molecular complexity index is 373. The van der Waals surface area contributed by atoms with Crippen molar-refractivity contribution in [3.8, 4) is 5.75 Å². The van der Waals surface area contributed by atoms with Crippen LogP contribution in [-0.2, 0) is 17.6 Å². The maximum atomic E-state index is 5.95. The molecule has 0 amide bonds. The van der Waals surface area contributed by atoms with E-state index in [1.54, 1.807) is 7.11 Å². The minimum atomic E-state index is 0.346. The predicted octanol–water partition coefficient (Wildman–Crippen LogP) is 3.23. The van der Waals surface area contributed by atoms with E-state index in [4.69, 9.17) is 9.47 Å². The number of rotatable bonds is 4. The lowest BCUT2D eigenvalue weighted by Crippen LogP contribution is -2.31. The van der Waals surface area contributed by atoms with Gasteiger partial charge in [-0.15, -0.1) is 0 Å². The third kappa shape index (κ3) is 2.63. The van der Waals surface area contributed by atoms with E-state index in [0.717, 1.165) is 31.6 Å². The summed E-state index contributed by atoms with van der Waals surface area (Å²) in [6.07, 6.45) is 3.52.